The Bertz CT molecular complexity index is 734. The van der Waals surface area contributed by atoms with E-state index in [4.69, 9.17) is 0 Å². The Morgan fingerprint density at radius 2 is 2.00 bits per heavy atom. The molecule has 4 rings (SSSR count). The number of hydrogen-bond acceptors (Lipinski definition) is 4. The second kappa shape index (κ2) is 6.34. The summed E-state index contributed by atoms with van der Waals surface area (Å²) in [7, 11) is 0. The van der Waals surface area contributed by atoms with Crippen molar-refractivity contribution >= 4 is 0 Å². The molecule has 1 aliphatic rings. The van der Waals surface area contributed by atoms with Crippen LogP contribution in [-0.4, -0.2) is 35.8 Å². The zero-order chi connectivity index (χ0) is 15.5. The minimum Gasteiger partial charge on any atom is -0.333 e. The molecule has 3 aromatic heterocycles. The predicted molar refractivity (Wildman–Crippen MR) is 86.3 cm³/mol. The molecule has 0 fully saturated rings. The fraction of sp³-hybridized carbons (Fsp3) is 0.353. The highest BCUT2D eigenvalue weighted by Crippen LogP contribution is 2.18. The minimum atomic E-state index is 0.495. The summed E-state index contributed by atoms with van der Waals surface area (Å²) < 4.78 is 4.29. The van der Waals surface area contributed by atoms with E-state index < -0.39 is 0 Å². The lowest BCUT2D eigenvalue weighted by molar-refractivity contribution is 0.203. The first-order valence-electron chi connectivity index (χ1n) is 7.96. The van der Waals surface area contributed by atoms with E-state index in [1.165, 1.54) is 0 Å². The molecule has 3 aromatic rings. The molecule has 23 heavy (non-hydrogen) atoms. The van der Waals surface area contributed by atoms with Crippen LogP contribution in [0.3, 0.4) is 0 Å². The Morgan fingerprint density at radius 3 is 2.83 bits per heavy atom. The van der Waals surface area contributed by atoms with Crippen LogP contribution in [0, 0.1) is 5.92 Å². The van der Waals surface area contributed by atoms with E-state index in [-0.39, 0.29) is 0 Å². The van der Waals surface area contributed by atoms with Crippen LogP contribution in [0.15, 0.2) is 55.2 Å². The smallest absolute Gasteiger partial charge is 0.122 e. The van der Waals surface area contributed by atoms with Crippen molar-refractivity contribution in [3.05, 3.63) is 66.8 Å². The summed E-state index contributed by atoms with van der Waals surface area (Å²) >= 11 is 0. The standard InChI is InChI=1S/C17H20N6/c1-2-5-18-16(4-1)13-21-10-15(12-23-8-3-6-20-23)11-22-9-7-19-17(22)14-21/h1-9,15H,10-14H2/t15-/m0/s1. The molecular formula is C17H20N6. The SMILES string of the molecule is c1ccc(CN2Cc3nccn3C[C@@H](Cn3cccn3)C2)nc1. The van der Waals surface area contributed by atoms with Gasteiger partial charge in [0.2, 0.25) is 0 Å². The number of hydrogen-bond donors (Lipinski definition) is 0. The Kier molecular flexibility index (Phi) is 3.90. The molecule has 118 valence electrons. The van der Waals surface area contributed by atoms with Crippen molar-refractivity contribution in [1.29, 1.82) is 0 Å². The maximum atomic E-state index is 4.52. The van der Waals surface area contributed by atoms with E-state index in [1.807, 2.05) is 47.7 Å². The van der Waals surface area contributed by atoms with Gasteiger partial charge in [-0.05, 0) is 18.2 Å². The van der Waals surface area contributed by atoms with Crippen LogP contribution in [0.1, 0.15) is 11.5 Å². The second-order valence-electron chi connectivity index (χ2n) is 6.08. The summed E-state index contributed by atoms with van der Waals surface area (Å²) in [6, 6.07) is 8.06. The molecule has 0 saturated carbocycles. The third-order valence-corrected chi connectivity index (χ3v) is 4.25. The minimum absolute atomic E-state index is 0.495. The van der Waals surface area contributed by atoms with Gasteiger partial charge in [0, 0.05) is 63.1 Å². The fourth-order valence-electron chi connectivity index (χ4n) is 3.25. The molecular weight excluding hydrogens is 288 g/mol. The van der Waals surface area contributed by atoms with E-state index in [2.05, 4.69) is 36.8 Å². The van der Waals surface area contributed by atoms with Gasteiger partial charge in [0.25, 0.3) is 0 Å². The third kappa shape index (κ3) is 3.32. The van der Waals surface area contributed by atoms with Gasteiger partial charge in [0.05, 0.1) is 12.2 Å². The number of aromatic nitrogens is 5. The Balaban J connectivity index is 1.54. The molecule has 0 spiro atoms. The topological polar surface area (TPSA) is 51.8 Å². The van der Waals surface area contributed by atoms with Gasteiger partial charge in [0.1, 0.15) is 5.82 Å². The van der Waals surface area contributed by atoms with Gasteiger partial charge in [0.15, 0.2) is 0 Å². The zero-order valence-electron chi connectivity index (χ0n) is 13.0. The monoisotopic (exact) mass is 308 g/mol. The number of nitrogens with zero attached hydrogens (tertiary/aromatic N) is 6. The van der Waals surface area contributed by atoms with Crippen LogP contribution >= 0.6 is 0 Å². The lowest BCUT2D eigenvalue weighted by Crippen LogP contribution is -2.30. The van der Waals surface area contributed by atoms with Crippen LogP contribution in [0.5, 0.6) is 0 Å². The zero-order valence-corrected chi connectivity index (χ0v) is 13.0. The van der Waals surface area contributed by atoms with Gasteiger partial charge >= 0.3 is 0 Å². The highest BCUT2D eigenvalue weighted by molar-refractivity contribution is 5.04. The summed E-state index contributed by atoms with van der Waals surface area (Å²) in [5, 5.41) is 4.35. The average molecular weight is 308 g/mol. The molecule has 4 heterocycles. The summed E-state index contributed by atoms with van der Waals surface area (Å²) in [6.45, 7) is 4.62. The summed E-state index contributed by atoms with van der Waals surface area (Å²) in [5.74, 6) is 1.62. The molecule has 0 unspecified atom stereocenters. The van der Waals surface area contributed by atoms with Gasteiger partial charge in [-0.1, -0.05) is 6.07 Å². The molecule has 6 heteroatoms. The maximum absolute atomic E-state index is 4.52. The highest BCUT2D eigenvalue weighted by Gasteiger charge is 2.23. The van der Waals surface area contributed by atoms with E-state index in [9.17, 15) is 0 Å². The van der Waals surface area contributed by atoms with Crippen molar-refractivity contribution in [2.75, 3.05) is 6.54 Å². The quantitative estimate of drug-likeness (QED) is 0.737. The first kappa shape index (κ1) is 14.1. The largest absolute Gasteiger partial charge is 0.333 e. The third-order valence-electron chi connectivity index (χ3n) is 4.25. The first-order valence-corrected chi connectivity index (χ1v) is 7.96. The van der Waals surface area contributed by atoms with E-state index in [0.29, 0.717) is 5.92 Å². The predicted octanol–water partition coefficient (Wildman–Crippen LogP) is 1.81. The summed E-state index contributed by atoms with van der Waals surface area (Å²) in [5.41, 5.74) is 1.10. The van der Waals surface area contributed by atoms with Crippen LogP contribution in [0.4, 0.5) is 0 Å². The number of imidazole rings is 1. The Morgan fingerprint density at radius 1 is 1.00 bits per heavy atom. The van der Waals surface area contributed by atoms with E-state index >= 15 is 0 Å². The molecule has 1 aliphatic heterocycles. The molecule has 0 aromatic carbocycles. The number of fused-ring (bicyclic) bond motifs is 1. The number of rotatable bonds is 4. The molecule has 1 atom stereocenters. The average Bonchev–Trinajstić information content (AvgIpc) is 3.18. The molecule has 6 nitrogen and oxygen atoms in total. The van der Waals surface area contributed by atoms with Crippen molar-refractivity contribution in [2.24, 2.45) is 5.92 Å². The van der Waals surface area contributed by atoms with Gasteiger partial charge in [-0.2, -0.15) is 5.10 Å². The van der Waals surface area contributed by atoms with Crippen molar-refractivity contribution in [1.82, 2.24) is 29.2 Å². The van der Waals surface area contributed by atoms with Gasteiger partial charge < -0.3 is 4.57 Å². The molecule has 0 saturated heterocycles. The van der Waals surface area contributed by atoms with Gasteiger partial charge in [-0.3, -0.25) is 14.6 Å². The number of pyridine rings is 1. The highest BCUT2D eigenvalue weighted by atomic mass is 15.3. The normalized spacial score (nSPS) is 18.5. The Hall–Kier alpha value is -2.47. The van der Waals surface area contributed by atoms with Gasteiger partial charge in [-0.15, -0.1) is 0 Å². The summed E-state index contributed by atoms with van der Waals surface area (Å²) in [6.07, 6.45) is 9.70. The van der Waals surface area contributed by atoms with Gasteiger partial charge in [-0.25, -0.2) is 4.98 Å². The lowest BCUT2D eigenvalue weighted by Gasteiger charge is -2.23. The van der Waals surface area contributed by atoms with E-state index in [1.54, 1.807) is 0 Å². The van der Waals surface area contributed by atoms with Crippen LogP contribution in [-0.2, 0) is 26.2 Å². The molecule has 0 amide bonds. The van der Waals surface area contributed by atoms with Crippen molar-refractivity contribution in [3.63, 3.8) is 0 Å². The maximum Gasteiger partial charge on any atom is 0.122 e. The molecule has 0 N–H and O–H groups in total. The molecule has 0 bridgehead atoms. The molecule has 0 aliphatic carbocycles. The van der Waals surface area contributed by atoms with Crippen LogP contribution < -0.4 is 0 Å². The van der Waals surface area contributed by atoms with Crippen LogP contribution in [0.25, 0.3) is 0 Å². The van der Waals surface area contributed by atoms with E-state index in [0.717, 1.165) is 44.2 Å². The summed E-state index contributed by atoms with van der Waals surface area (Å²) in [4.78, 5) is 11.4. The second-order valence-corrected chi connectivity index (χ2v) is 6.08. The lowest BCUT2D eigenvalue weighted by atomic mass is 10.1. The van der Waals surface area contributed by atoms with Crippen LogP contribution in [0.2, 0.25) is 0 Å². The molecule has 0 radical (unpaired) electrons. The van der Waals surface area contributed by atoms with Crippen molar-refractivity contribution < 1.29 is 0 Å². The first-order chi connectivity index (χ1) is 11.4. The van der Waals surface area contributed by atoms with Crippen molar-refractivity contribution in [2.45, 2.75) is 26.2 Å². The fourth-order valence-corrected chi connectivity index (χ4v) is 3.25. The van der Waals surface area contributed by atoms with Crippen molar-refractivity contribution in [3.8, 4) is 0 Å². The Labute approximate surface area is 135 Å².